The smallest absolute Gasteiger partial charge is 0.240 e. The van der Waals surface area contributed by atoms with E-state index in [-0.39, 0.29) is 18.4 Å². The van der Waals surface area contributed by atoms with Crippen molar-refractivity contribution in [2.24, 2.45) is 0 Å². The lowest BCUT2D eigenvalue weighted by molar-refractivity contribution is -0.119. The fourth-order valence-electron chi connectivity index (χ4n) is 2.60. The highest BCUT2D eigenvalue weighted by molar-refractivity contribution is 7.98. The van der Waals surface area contributed by atoms with Gasteiger partial charge in [0.1, 0.15) is 12.3 Å². The number of carbonyl (C=O) groups is 1. The van der Waals surface area contributed by atoms with E-state index >= 15 is 0 Å². The molecule has 0 atom stereocenters. The topological polar surface area (TPSA) is 79.6 Å². The van der Waals surface area contributed by atoms with Gasteiger partial charge in [-0.1, -0.05) is 32.0 Å². The van der Waals surface area contributed by atoms with Crippen molar-refractivity contribution in [1.82, 2.24) is 5.32 Å². The van der Waals surface area contributed by atoms with Gasteiger partial charge in [0.15, 0.2) is 0 Å². The predicted octanol–water partition coefficient (Wildman–Crippen LogP) is 3.22. The highest BCUT2D eigenvalue weighted by Crippen LogP contribution is 2.28. The molecule has 0 bridgehead atoms. The van der Waals surface area contributed by atoms with Crippen LogP contribution in [0, 0.1) is 0 Å². The number of nitrogens with one attached hydrogen (secondary N) is 1. The molecule has 0 unspecified atom stereocenters. The van der Waals surface area contributed by atoms with Crippen LogP contribution in [0.3, 0.4) is 0 Å². The van der Waals surface area contributed by atoms with Crippen molar-refractivity contribution in [3.63, 3.8) is 0 Å². The summed E-state index contributed by atoms with van der Waals surface area (Å²) in [7, 11) is -3.58. The predicted molar refractivity (Wildman–Crippen MR) is 111 cm³/mol. The summed E-state index contributed by atoms with van der Waals surface area (Å²) in [4.78, 5) is 12.3. The molecule has 1 heterocycles. The van der Waals surface area contributed by atoms with Crippen molar-refractivity contribution in [3.05, 3.63) is 54.0 Å². The maximum absolute atomic E-state index is 12.3. The Morgan fingerprint density at radius 3 is 2.59 bits per heavy atom. The van der Waals surface area contributed by atoms with E-state index in [0.29, 0.717) is 18.0 Å². The van der Waals surface area contributed by atoms with Crippen LogP contribution in [0.1, 0.15) is 31.1 Å². The van der Waals surface area contributed by atoms with Crippen molar-refractivity contribution in [1.29, 1.82) is 0 Å². The second kappa shape index (κ2) is 9.85. The number of nitrogens with zero attached hydrogens (tertiary/aromatic N) is 1. The van der Waals surface area contributed by atoms with Crippen molar-refractivity contribution in [3.8, 4) is 0 Å². The van der Waals surface area contributed by atoms with Crippen LogP contribution in [0.2, 0.25) is 0 Å². The third-order valence-corrected chi connectivity index (χ3v) is 6.02. The number of hydrogen-bond donors (Lipinski definition) is 1. The Hall–Kier alpha value is -1.93. The molecule has 0 aliphatic rings. The summed E-state index contributed by atoms with van der Waals surface area (Å²) < 4.78 is 31.0. The van der Waals surface area contributed by atoms with Gasteiger partial charge in [0.05, 0.1) is 24.0 Å². The van der Waals surface area contributed by atoms with Crippen LogP contribution < -0.4 is 9.62 Å². The molecular weight excluding hydrogens is 384 g/mol. The van der Waals surface area contributed by atoms with Crippen LogP contribution in [0.25, 0.3) is 0 Å². The van der Waals surface area contributed by atoms with Crippen molar-refractivity contribution < 1.29 is 17.6 Å². The Balaban J connectivity index is 1.93. The number of benzene rings is 1. The largest absolute Gasteiger partial charge is 0.468 e. The number of rotatable bonds is 10. The average molecular weight is 411 g/mol. The lowest BCUT2D eigenvalue weighted by Crippen LogP contribution is -2.41. The summed E-state index contributed by atoms with van der Waals surface area (Å²) in [5.74, 6) is 2.16. The zero-order valence-corrected chi connectivity index (χ0v) is 17.5. The third kappa shape index (κ3) is 6.62. The fraction of sp³-hybridized carbons (Fsp3) is 0.421. The SMILES string of the molecule is CC(C)c1ccccc1N(CC(=O)NCCSCc1ccco1)S(C)(=O)=O. The molecule has 8 heteroatoms. The molecule has 0 saturated heterocycles. The molecule has 1 aromatic carbocycles. The molecule has 0 saturated carbocycles. The van der Waals surface area contributed by atoms with Gasteiger partial charge in [-0.25, -0.2) is 8.42 Å². The zero-order valence-electron chi connectivity index (χ0n) is 15.8. The third-order valence-electron chi connectivity index (χ3n) is 3.91. The quantitative estimate of drug-likeness (QED) is 0.609. The molecular formula is C19H26N2O4S2. The molecule has 1 N–H and O–H groups in total. The number of thioether (sulfide) groups is 1. The van der Waals surface area contributed by atoms with E-state index < -0.39 is 10.0 Å². The Morgan fingerprint density at radius 1 is 1.22 bits per heavy atom. The van der Waals surface area contributed by atoms with E-state index in [9.17, 15) is 13.2 Å². The maximum Gasteiger partial charge on any atom is 0.240 e. The van der Waals surface area contributed by atoms with E-state index in [0.717, 1.165) is 23.3 Å². The van der Waals surface area contributed by atoms with E-state index in [1.54, 1.807) is 30.2 Å². The lowest BCUT2D eigenvalue weighted by Gasteiger charge is -2.25. The Bertz CT molecular complexity index is 833. The monoisotopic (exact) mass is 410 g/mol. The first-order valence-electron chi connectivity index (χ1n) is 8.72. The van der Waals surface area contributed by atoms with Gasteiger partial charge in [0.25, 0.3) is 0 Å². The van der Waals surface area contributed by atoms with Gasteiger partial charge in [-0.3, -0.25) is 9.10 Å². The lowest BCUT2D eigenvalue weighted by atomic mass is 10.0. The molecule has 148 valence electrons. The highest BCUT2D eigenvalue weighted by Gasteiger charge is 2.23. The summed E-state index contributed by atoms with van der Waals surface area (Å²) in [6.07, 6.45) is 2.75. The van der Waals surface area contributed by atoms with Gasteiger partial charge in [-0.2, -0.15) is 11.8 Å². The summed E-state index contributed by atoms with van der Waals surface area (Å²) >= 11 is 1.64. The van der Waals surface area contributed by atoms with E-state index in [1.807, 2.05) is 38.1 Å². The minimum atomic E-state index is -3.58. The summed E-state index contributed by atoms with van der Waals surface area (Å²) in [6, 6.07) is 11.0. The van der Waals surface area contributed by atoms with Crippen molar-refractivity contribution in [2.45, 2.75) is 25.5 Å². The first-order chi connectivity index (χ1) is 12.8. The molecule has 0 aliphatic heterocycles. The van der Waals surface area contributed by atoms with Gasteiger partial charge in [-0.05, 0) is 29.7 Å². The van der Waals surface area contributed by atoms with Crippen molar-refractivity contribution in [2.75, 3.05) is 29.4 Å². The van der Waals surface area contributed by atoms with Gasteiger partial charge in [0, 0.05) is 12.3 Å². The van der Waals surface area contributed by atoms with Gasteiger partial charge < -0.3 is 9.73 Å². The number of hydrogen-bond acceptors (Lipinski definition) is 5. The number of sulfonamides is 1. The average Bonchev–Trinajstić information content (AvgIpc) is 3.12. The minimum absolute atomic E-state index is 0.145. The first-order valence-corrected chi connectivity index (χ1v) is 11.7. The van der Waals surface area contributed by atoms with Gasteiger partial charge in [-0.15, -0.1) is 0 Å². The second-order valence-electron chi connectivity index (χ2n) is 6.47. The van der Waals surface area contributed by atoms with Crippen LogP contribution in [0.5, 0.6) is 0 Å². The number of carbonyl (C=O) groups excluding carboxylic acids is 1. The molecule has 0 spiro atoms. The molecule has 27 heavy (non-hydrogen) atoms. The normalized spacial score (nSPS) is 11.6. The van der Waals surface area contributed by atoms with Crippen LogP contribution in [-0.4, -0.2) is 39.4 Å². The summed E-state index contributed by atoms with van der Waals surface area (Å²) in [6.45, 7) is 4.23. The number of anilines is 1. The van der Waals surface area contributed by atoms with E-state index in [1.165, 1.54) is 4.31 Å². The van der Waals surface area contributed by atoms with Crippen LogP contribution in [0.4, 0.5) is 5.69 Å². The van der Waals surface area contributed by atoms with E-state index in [2.05, 4.69) is 5.32 Å². The molecule has 2 aromatic rings. The summed E-state index contributed by atoms with van der Waals surface area (Å²) in [5.41, 5.74) is 1.45. The number of furan rings is 1. The standard InChI is InChI=1S/C19H26N2O4S2/c1-15(2)17-8-4-5-9-18(17)21(27(3,23)24)13-19(22)20-10-12-26-14-16-7-6-11-25-16/h4-9,11,15H,10,12-14H2,1-3H3,(H,20,22). The zero-order chi connectivity index (χ0) is 19.9. The van der Waals surface area contributed by atoms with Crippen LogP contribution in [-0.2, 0) is 20.6 Å². The second-order valence-corrected chi connectivity index (χ2v) is 9.48. The number of para-hydroxylation sites is 1. The highest BCUT2D eigenvalue weighted by atomic mass is 32.2. The molecule has 6 nitrogen and oxygen atoms in total. The minimum Gasteiger partial charge on any atom is -0.468 e. The van der Waals surface area contributed by atoms with E-state index in [4.69, 9.17) is 4.42 Å². The molecule has 1 amide bonds. The van der Waals surface area contributed by atoms with Crippen molar-refractivity contribution >= 4 is 33.4 Å². The molecule has 2 rings (SSSR count). The summed E-state index contributed by atoms with van der Waals surface area (Å²) in [5, 5.41) is 2.79. The fourth-order valence-corrected chi connectivity index (χ4v) is 4.23. The Kier molecular flexibility index (Phi) is 7.79. The van der Waals surface area contributed by atoms with Gasteiger partial charge >= 0.3 is 0 Å². The molecule has 0 radical (unpaired) electrons. The first kappa shape index (κ1) is 21.4. The molecule has 0 fully saturated rings. The van der Waals surface area contributed by atoms with Crippen LogP contribution in [0.15, 0.2) is 47.1 Å². The van der Waals surface area contributed by atoms with Gasteiger partial charge in [0.2, 0.25) is 15.9 Å². The Morgan fingerprint density at radius 2 is 1.96 bits per heavy atom. The molecule has 0 aliphatic carbocycles. The number of amides is 1. The maximum atomic E-state index is 12.3. The Labute approximate surface area is 165 Å². The van der Waals surface area contributed by atoms with Crippen LogP contribution >= 0.6 is 11.8 Å². The molecule has 1 aromatic heterocycles.